The van der Waals surface area contributed by atoms with Crippen LogP contribution in [0, 0.1) is 6.92 Å². The summed E-state index contributed by atoms with van der Waals surface area (Å²) in [6.07, 6.45) is 2.79. The summed E-state index contributed by atoms with van der Waals surface area (Å²) >= 11 is 0. The zero-order valence-corrected chi connectivity index (χ0v) is 11.8. The van der Waals surface area contributed by atoms with Gasteiger partial charge >= 0.3 is 5.97 Å². The highest BCUT2D eigenvalue weighted by molar-refractivity contribution is 5.76. The fourth-order valence-corrected chi connectivity index (χ4v) is 2.26. The first-order valence-corrected chi connectivity index (χ1v) is 6.78. The van der Waals surface area contributed by atoms with Crippen LogP contribution in [0.4, 0.5) is 0 Å². The predicted octanol–water partition coefficient (Wildman–Crippen LogP) is 2.41. The Morgan fingerprint density at radius 3 is 2.90 bits per heavy atom. The van der Waals surface area contributed by atoms with Gasteiger partial charge in [-0.25, -0.2) is 4.98 Å². The molecule has 1 unspecified atom stereocenters. The SMILES string of the molecule is CCCn1ncnc1CC(C(=O)O)c1cccc(C)c1. The van der Waals surface area contributed by atoms with Crippen molar-refractivity contribution in [3.63, 3.8) is 0 Å². The lowest BCUT2D eigenvalue weighted by molar-refractivity contribution is -0.138. The van der Waals surface area contributed by atoms with Gasteiger partial charge in [0, 0.05) is 13.0 Å². The molecule has 2 rings (SSSR count). The molecule has 20 heavy (non-hydrogen) atoms. The lowest BCUT2D eigenvalue weighted by atomic mass is 9.94. The Balaban J connectivity index is 2.26. The van der Waals surface area contributed by atoms with Crippen LogP contribution in [-0.2, 0) is 17.8 Å². The quantitative estimate of drug-likeness (QED) is 0.877. The molecule has 1 aromatic heterocycles. The smallest absolute Gasteiger partial charge is 0.311 e. The number of hydrogen-bond donors (Lipinski definition) is 1. The van der Waals surface area contributed by atoms with E-state index < -0.39 is 11.9 Å². The molecule has 0 aliphatic heterocycles. The van der Waals surface area contributed by atoms with E-state index in [0.29, 0.717) is 6.42 Å². The Morgan fingerprint density at radius 2 is 2.25 bits per heavy atom. The van der Waals surface area contributed by atoms with Gasteiger partial charge in [0.25, 0.3) is 0 Å². The van der Waals surface area contributed by atoms with Crippen molar-refractivity contribution >= 4 is 5.97 Å². The van der Waals surface area contributed by atoms with Crippen molar-refractivity contribution in [1.29, 1.82) is 0 Å². The molecule has 0 saturated carbocycles. The lowest BCUT2D eigenvalue weighted by Gasteiger charge is -2.13. The van der Waals surface area contributed by atoms with Crippen molar-refractivity contribution in [3.8, 4) is 0 Å². The molecule has 0 fully saturated rings. The van der Waals surface area contributed by atoms with Crippen LogP contribution in [0.25, 0.3) is 0 Å². The van der Waals surface area contributed by atoms with E-state index in [2.05, 4.69) is 17.0 Å². The molecule has 1 atom stereocenters. The summed E-state index contributed by atoms with van der Waals surface area (Å²) in [6.45, 7) is 4.78. The third-order valence-electron chi connectivity index (χ3n) is 3.26. The first-order valence-electron chi connectivity index (χ1n) is 6.78. The maximum atomic E-state index is 11.5. The molecule has 5 heteroatoms. The Hall–Kier alpha value is -2.17. The molecule has 0 bridgehead atoms. The summed E-state index contributed by atoms with van der Waals surface area (Å²) < 4.78 is 1.78. The van der Waals surface area contributed by atoms with Gasteiger partial charge in [-0.3, -0.25) is 9.48 Å². The van der Waals surface area contributed by atoms with Crippen LogP contribution >= 0.6 is 0 Å². The Labute approximate surface area is 118 Å². The molecule has 0 amide bonds. The van der Waals surface area contributed by atoms with Crippen LogP contribution in [0.1, 0.15) is 36.2 Å². The third kappa shape index (κ3) is 3.23. The highest BCUT2D eigenvalue weighted by atomic mass is 16.4. The van der Waals surface area contributed by atoms with E-state index in [1.54, 1.807) is 4.68 Å². The number of rotatable bonds is 6. The topological polar surface area (TPSA) is 68.0 Å². The number of benzene rings is 1. The average molecular weight is 273 g/mol. The van der Waals surface area contributed by atoms with Crippen molar-refractivity contribution in [2.75, 3.05) is 0 Å². The summed E-state index contributed by atoms with van der Waals surface area (Å²) in [6, 6.07) is 7.62. The van der Waals surface area contributed by atoms with Gasteiger partial charge in [0.1, 0.15) is 12.2 Å². The lowest BCUT2D eigenvalue weighted by Crippen LogP contribution is -2.18. The molecule has 0 radical (unpaired) electrons. The van der Waals surface area contributed by atoms with Crippen molar-refractivity contribution in [2.24, 2.45) is 0 Å². The predicted molar refractivity (Wildman–Crippen MR) is 75.6 cm³/mol. The van der Waals surface area contributed by atoms with Gasteiger partial charge in [0.05, 0.1) is 5.92 Å². The van der Waals surface area contributed by atoms with Gasteiger partial charge in [-0.05, 0) is 18.9 Å². The largest absolute Gasteiger partial charge is 0.481 e. The van der Waals surface area contributed by atoms with E-state index in [4.69, 9.17) is 0 Å². The maximum Gasteiger partial charge on any atom is 0.311 e. The van der Waals surface area contributed by atoms with Crippen molar-refractivity contribution in [2.45, 2.75) is 39.2 Å². The minimum atomic E-state index is -0.832. The molecule has 1 heterocycles. The zero-order chi connectivity index (χ0) is 14.5. The van der Waals surface area contributed by atoms with Crippen LogP contribution in [0.2, 0.25) is 0 Å². The second-order valence-electron chi connectivity index (χ2n) is 4.91. The maximum absolute atomic E-state index is 11.5. The van der Waals surface area contributed by atoms with E-state index in [9.17, 15) is 9.90 Å². The number of nitrogens with zero attached hydrogens (tertiary/aromatic N) is 3. The van der Waals surface area contributed by atoms with Crippen molar-refractivity contribution in [3.05, 3.63) is 47.5 Å². The minimum absolute atomic E-state index is 0.360. The monoisotopic (exact) mass is 273 g/mol. The van der Waals surface area contributed by atoms with Gasteiger partial charge in [-0.15, -0.1) is 0 Å². The van der Waals surface area contributed by atoms with E-state index in [1.165, 1.54) is 6.33 Å². The minimum Gasteiger partial charge on any atom is -0.481 e. The summed E-state index contributed by atoms with van der Waals surface area (Å²) in [4.78, 5) is 15.7. The van der Waals surface area contributed by atoms with Gasteiger partial charge in [-0.2, -0.15) is 5.10 Å². The molecule has 106 valence electrons. The summed E-state index contributed by atoms with van der Waals surface area (Å²) in [5.74, 6) is -0.697. The zero-order valence-electron chi connectivity index (χ0n) is 11.8. The molecule has 1 N–H and O–H groups in total. The van der Waals surface area contributed by atoms with Crippen molar-refractivity contribution in [1.82, 2.24) is 14.8 Å². The highest BCUT2D eigenvalue weighted by Gasteiger charge is 2.22. The number of aromatic nitrogens is 3. The first kappa shape index (κ1) is 14.2. The van der Waals surface area contributed by atoms with Crippen LogP contribution in [0.3, 0.4) is 0 Å². The fraction of sp³-hybridized carbons (Fsp3) is 0.400. The normalized spacial score (nSPS) is 12.3. The van der Waals surface area contributed by atoms with Crippen LogP contribution in [0.5, 0.6) is 0 Å². The molecule has 0 spiro atoms. The van der Waals surface area contributed by atoms with Gasteiger partial charge < -0.3 is 5.11 Å². The number of aryl methyl sites for hydroxylation is 2. The average Bonchev–Trinajstić information content (AvgIpc) is 2.83. The Morgan fingerprint density at radius 1 is 1.45 bits per heavy atom. The second kappa shape index (κ2) is 6.32. The van der Waals surface area contributed by atoms with E-state index >= 15 is 0 Å². The molecule has 1 aromatic carbocycles. The van der Waals surface area contributed by atoms with Crippen LogP contribution < -0.4 is 0 Å². The number of carboxylic acid groups (broad SMARTS) is 1. The molecule has 0 saturated heterocycles. The molecular weight excluding hydrogens is 254 g/mol. The molecule has 0 aliphatic rings. The second-order valence-corrected chi connectivity index (χ2v) is 4.91. The summed E-state index contributed by atoms with van der Waals surface area (Å²) in [5, 5.41) is 13.6. The number of carbonyl (C=O) groups is 1. The first-order chi connectivity index (χ1) is 9.61. The van der Waals surface area contributed by atoms with Gasteiger partial charge in [0.15, 0.2) is 0 Å². The van der Waals surface area contributed by atoms with E-state index in [0.717, 1.165) is 29.9 Å². The van der Waals surface area contributed by atoms with E-state index in [-0.39, 0.29) is 0 Å². The third-order valence-corrected chi connectivity index (χ3v) is 3.26. The number of aliphatic carboxylic acids is 1. The number of hydrogen-bond acceptors (Lipinski definition) is 3. The molecule has 5 nitrogen and oxygen atoms in total. The summed E-state index contributed by atoms with van der Waals surface area (Å²) in [5.41, 5.74) is 1.87. The Bertz CT molecular complexity index is 592. The highest BCUT2D eigenvalue weighted by Crippen LogP contribution is 2.21. The molecular formula is C15H19N3O2. The van der Waals surface area contributed by atoms with E-state index in [1.807, 2.05) is 31.2 Å². The van der Waals surface area contributed by atoms with Crippen LogP contribution in [-0.4, -0.2) is 25.8 Å². The van der Waals surface area contributed by atoms with Crippen LogP contribution in [0.15, 0.2) is 30.6 Å². The van der Waals surface area contributed by atoms with Gasteiger partial charge in [-0.1, -0.05) is 36.8 Å². The fourth-order valence-electron chi connectivity index (χ4n) is 2.26. The van der Waals surface area contributed by atoms with Gasteiger partial charge in [0.2, 0.25) is 0 Å². The standard InChI is InChI=1S/C15H19N3O2/c1-3-7-18-14(16-10-17-18)9-13(15(19)20)12-6-4-5-11(2)8-12/h4-6,8,10,13H,3,7,9H2,1-2H3,(H,19,20). The molecule has 2 aromatic rings. The van der Waals surface area contributed by atoms with Crippen molar-refractivity contribution < 1.29 is 9.90 Å². The Kier molecular flexibility index (Phi) is 4.50. The summed E-state index contributed by atoms with van der Waals surface area (Å²) in [7, 11) is 0. The number of carboxylic acids is 1. The molecule has 0 aliphatic carbocycles.